The summed E-state index contributed by atoms with van der Waals surface area (Å²) in [5, 5.41) is 4.98. The predicted molar refractivity (Wildman–Crippen MR) is 267 cm³/mol. The standard InChI is InChI=1S/C61H44N2/c1-61(2)51-30-16-28-49(59(51)58-47-26-13-12-21-43(47)37-40-52(58)61)48-29-17-32-54(57(48)44-22-8-4-9-23-44)63(46-38-35-42(36-39-46)41-19-6-3-7-20-41)56-34-18-33-55-60(56)50-27-14-15-31-53(50)62(55)45-24-10-5-11-25-45/h3-40H,1-2H3. The van der Waals surface area contributed by atoms with Crippen LogP contribution in [0.3, 0.4) is 0 Å². The SMILES string of the molecule is CC1(C)c2cccc(-c3cccc(N(c4ccc(-c5ccccc5)cc4)c4cccc5c4c4ccccc4n5-c4ccccc4)c3-c3ccccc3)c2-c2c1ccc1ccccc21. The molecule has 2 nitrogen and oxygen atoms in total. The highest BCUT2D eigenvalue weighted by atomic mass is 15.2. The number of fused-ring (bicyclic) bond motifs is 8. The topological polar surface area (TPSA) is 8.17 Å². The number of anilines is 3. The molecule has 0 saturated heterocycles. The maximum absolute atomic E-state index is 2.52. The molecule has 0 fully saturated rings. The van der Waals surface area contributed by atoms with Gasteiger partial charge >= 0.3 is 0 Å². The van der Waals surface area contributed by atoms with Crippen LogP contribution in [-0.4, -0.2) is 4.57 Å². The van der Waals surface area contributed by atoms with Crippen LogP contribution in [0.25, 0.3) is 82.8 Å². The number of hydrogen-bond donors (Lipinski definition) is 0. The van der Waals surface area contributed by atoms with E-state index < -0.39 is 0 Å². The van der Waals surface area contributed by atoms with Gasteiger partial charge in [-0.3, -0.25) is 0 Å². The molecule has 12 rings (SSSR count). The molecule has 0 aliphatic heterocycles. The molecule has 63 heavy (non-hydrogen) atoms. The van der Waals surface area contributed by atoms with Crippen molar-refractivity contribution in [3.63, 3.8) is 0 Å². The summed E-state index contributed by atoms with van der Waals surface area (Å²) in [6, 6.07) is 84.7. The maximum Gasteiger partial charge on any atom is 0.0562 e. The van der Waals surface area contributed by atoms with E-state index >= 15 is 0 Å². The van der Waals surface area contributed by atoms with E-state index in [0.717, 1.165) is 28.3 Å². The van der Waals surface area contributed by atoms with Gasteiger partial charge < -0.3 is 9.47 Å². The van der Waals surface area contributed by atoms with Crippen molar-refractivity contribution in [1.82, 2.24) is 4.57 Å². The van der Waals surface area contributed by atoms with Gasteiger partial charge in [0.1, 0.15) is 0 Å². The molecule has 2 heteroatoms. The Morgan fingerprint density at radius 1 is 0.365 bits per heavy atom. The summed E-state index contributed by atoms with van der Waals surface area (Å²) in [6.07, 6.45) is 0. The average molecular weight is 805 g/mol. The lowest BCUT2D eigenvalue weighted by molar-refractivity contribution is 0.661. The minimum absolute atomic E-state index is 0.162. The Balaban J connectivity index is 1.18. The highest BCUT2D eigenvalue weighted by Gasteiger charge is 2.38. The molecule has 1 aliphatic rings. The Labute approximate surface area is 368 Å². The molecule has 1 aromatic heterocycles. The Kier molecular flexibility index (Phi) is 8.55. The van der Waals surface area contributed by atoms with Crippen molar-refractivity contribution in [1.29, 1.82) is 0 Å². The number of hydrogen-bond acceptors (Lipinski definition) is 1. The van der Waals surface area contributed by atoms with Gasteiger partial charge in [0.15, 0.2) is 0 Å². The zero-order valence-corrected chi connectivity index (χ0v) is 35.3. The Morgan fingerprint density at radius 2 is 0.921 bits per heavy atom. The smallest absolute Gasteiger partial charge is 0.0562 e. The minimum Gasteiger partial charge on any atom is -0.309 e. The summed E-state index contributed by atoms with van der Waals surface area (Å²) in [5.74, 6) is 0. The van der Waals surface area contributed by atoms with Gasteiger partial charge in [-0.2, -0.15) is 0 Å². The van der Waals surface area contributed by atoms with E-state index in [1.54, 1.807) is 0 Å². The number of benzene rings is 10. The molecule has 0 N–H and O–H groups in total. The summed E-state index contributed by atoms with van der Waals surface area (Å²) >= 11 is 0. The van der Waals surface area contributed by atoms with Crippen molar-refractivity contribution >= 4 is 49.6 Å². The van der Waals surface area contributed by atoms with E-state index in [9.17, 15) is 0 Å². The highest BCUT2D eigenvalue weighted by molar-refractivity contribution is 6.17. The van der Waals surface area contributed by atoms with Gasteiger partial charge in [-0.25, -0.2) is 0 Å². The summed E-state index contributed by atoms with van der Waals surface area (Å²) in [5.41, 5.74) is 19.2. The average Bonchev–Trinajstić information content (AvgIpc) is 3.81. The van der Waals surface area contributed by atoms with Gasteiger partial charge in [-0.05, 0) is 109 Å². The van der Waals surface area contributed by atoms with Crippen LogP contribution in [0.4, 0.5) is 17.1 Å². The lowest BCUT2D eigenvalue weighted by Crippen LogP contribution is -2.15. The van der Waals surface area contributed by atoms with Crippen LogP contribution in [0.5, 0.6) is 0 Å². The third kappa shape index (κ3) is 5.79. The monoisotopic (exact) mass is 804 g/mol. The summed E-state index contributed by atoms with van der Waals surface area (Å²) in [6.45, 7) is 4.77. The largest absolute Gasteiger partial charge is 0.309 e. The zero-order valence-electron chi connectivity index (χ0n) is 35.3. The molecule has 0 spiro atoms. The van der Waals surface area contributed by atoms with Crippen molar-refractivity contribution in [2.45, 2.75) is 19.3 Å². The van der Waals surface area contributed by atoms with Crippen molar-refractivity contribution < 1.29 is 0 Å². The second-order valence-electron chi connectivity index (χ2n) is 17.2. The summed E-state index contributed by atoms with van der Waals surface area (Å²) < 4.78 is 2.41. The van der Waals surface area contributed by atoms with E-state index in [4.69, 9.17) is 0 Å². The van der Waals surface area contributed by atoms with E-state index in [1.165, 1.54) is 82.7 Å². The Bertz CT molecular complexity index is 3510. The molecule has 0 amide bonds. The molecule has 11 aromatic rings. The first kappa shape index (κ1) is 36.9. The molecular weight excluding hydrogens is 761 g/mol. The number of aromatic nitrogens is 1. The van der Waals surface area contributed by atoms with Crippen LogP contribution in [0.1, 0.15) is 25.0 Å². The zero-order chi connectivity index (χ0) is 42.1. The van der Waals surface area contributed by atoms with Crippen molar-refractivity contribution in [3.8, 4) is 50.2 Å². The number of rotatable bonds is 7. The first-order chi connectivity index (χ1) is 31.1. The predicted octanol–water partition coefficient (Wildman–Crippen LogP) is 16.7. The molecule has 1 heterocycles. The molecule has 10 aromatic carbocycles. The lowest BCUT2D eigenvalue weighted by atomic mass is 9.81. The second-order valence-corrected chi connectivity index (χ2v) is 17.2. The fraction of sp³-hybridized carbons (Fsp3) is 0.0492. The Hall–Kier alpha value is -7.94. The van der Waals surface area contributed by atoms with Crippen molar-refractivity contribution in [2.24, 2.45) is 0 Å². The number of para-hydroxylation sites is 2. The van der Waals surface area contributed by atoms with Crippen LogP contribution in [-0.2, 0) is 5.41 Å². The van der Waals surface area contributed by atoms with E-state index in [2.05, 4.69) is 254 Å². The van der Waals surface area contributed by atoms with Gasteiger partial charge in [0, 0.05) is 33.1 Å². The summed E-state index contributed by atoms with van der Waals surface area (Å²) in [4.78, 5) is 2.52. The molecule has 0 bridgehead atoms. The van der Waals surface area contributed by atoms with Crippen LogP contribution >= 0.6 is 0 Å². The van der Waals surface area contributed by atoms with Crippen LogP contribution in [0, 0.1) is 0 Å². The molecule has 0 saturated carbocycles. The molecule has 298 valence electrons. The van der Waals surface area contributed by atoms with Gasteiger partial charge in [0.05, 0.1) is 22.4 Å². The van der Waals surface area contributed by atoms with Gasteiger partial charge in [-0.15, -0.1) is 0 Å². The van der Waals surface area contributed by atoms with E-state index in [-0.39, 0.29) is 5.41 Å². The normalized spacial score (nSPS) is 12.7. The third-order valence-corrected chi connectivity index (χ3v) is 13.4. The quantitative estimate of drug-likeness (QED) is 0.156. The first-order valence-corrected chi connectivity index (χ1v) is 21.9. The fourth-order valence-electron chi connectivity index (χ4n) is 10.5. The maximum atomic E-state index is 2.52. The lowest BCUT2D eigenvalue weighted by Gasteiger charge is -2.30. The van der Waals surface area contributed by atoms with E-state index in [1.807, 2.05) is 0 Å². The van der Waals surface area contributed by atoms with Crippen molar-refractivity contribution in [2.75, 3.05) is 4.90 Å². The first-order valence-electron chi connectivity index (χ1n) is 21.9. The number of nitrogens with zero attached hydrogens (tertiary/aromatic N) is 2. The van der Waals surface area contributed by atoms with E-state index in [0.29, 0.717) is 0 Å². The van der Waals surface area contributed by atoms with Crippen LogP contribution < -0.4 is 4.90 Å². The van der Waals surface area contributed by atoms with Gasteiger partial charge in [0.2, 0.25) is 0 Å². The third-order valence-electron chi connectivity index (χ3n) is 13.4. The fourth-order valence-corrected chi connectivity index (χ4v) is 10.5. The molecular formula is C61H44N2. The highest BCUT2D eigenvalue weighted by Crippen LogP contribution is 2.56. The van der Waals surface area contributed by atoms with Crippen molar-refractivity contribution in [3.05, 3.63) is 242 Å². The van der Waals surface area contributed by atoms with Gasteiger partial charge in [-0.1, -0.05) is 196 Å². The van der Waals surface area contributed by atoms with Crippen LogP contribution in [0.15, 0.2) is 231 Å². The van der Waals surface area contributed by atoms with Gasteiger partial charge in [0.25, 0.3) is 0 Å². The molecule has 0 unspecified atom stereocenters. The second kappa shape index (κ2) is 14.6. The Morgan fingerprint density at radius 3 is 1.68 bits per heavy atom. The molecule has 1 aliphatic carbocycles. The molecule has 0 atom stereocenters. The molecule has 0 radical (unpaired) electrons. The minimum atomic E-state index is -0.162. The summed E-state index contributed by atoms with van der Waals surface area (Å²) in [7, 11) is 0. The van der Waals surface area contributed by atoms with Crippen LogP contribution in [0.2, 0.25) is 0 Å².